The average molecular weight is 400 g/mol. The highest BCUT2D eigenvalue weighted by Gasteiger charge is 2.45. The number of aryl methyl sites for hydroxylation is 1. The van der Waals surface area contributed by atoms with Gasteiger partial charge in [0.1, 0.15) is 6.61 Å². The Kier molecular flexibility index (Phi) is 6.03. The lowest BCUT2D eigenvalue weighted by molar-refractivity contribution is -0.150. The zero-order chi connectivity index (χ0) is 20.5. The molecule has 0 spiro atoms. The lowest BCUT2D eigenvalue weighted by Gasteiger charge is -2.50. The van der Waals surface area contributed by atoms with Crippen LogP contribution in [0.5, 0.6) is 0 Å². The van der Waals surface area contributed by atoms with E-state index in [2.05, 4.69) is 4.90 Å². The highest BCUT2D eigenvalue weighted by atomic mass is 19.4. The van der Waals surface area contributed by atoms with Gasteiger partial charge in [0.25, 0.3) is 0 Å². The summed E-state index contributed by atoms with van der Waals surface area (Å²) >= 11 is 0. The predicted molar refractivity (Wildman–Crippen MR) is 97.6 cm³/mol. The molecule has 2 aliphatic heterocycles. The van der Waals surface area contributed by atoms with Crippen molar-refractivity contribution >= 4 is 5.91 Å². The van der Waals surface area contributed by atoms with Crippen molar-refractivity contribution in [3.8, 4) is 0 Å². The number of benzene rings is 1. The molecule has 1 amide bonds. The summed E-state index contributed by atoms with van der Waals surface area (Å²) in [6.07, 6.45) is -3.29. The molecule has 2 unspecified atom stereocenters. The second-order valence-electron chi connectivity index (χ2n) is 7.95. The molecule has 1 aromatic rings. The van der Waals surface area contributed by atoms with E-state index in [1.54, 1.807) is 4.90 Å². The predicted octanol–water partition coefficient (Wildman–Crippen LogP) is 2.45. The number of rotatable bonds is 4. The Labute approximate surface area is 163 Å². The van der Waals surface area contributed by atoms with Crippen LogP contribution in [0.1, 0.15) is 29.5 Å². The van der Waals surface area contributed by atoms with Crippen molar-refractivity contribution in [2.75, 3.05) is 39.9 Å². The van der Waals surface area contributed by atoms with E-state index in [1.165, 1.54) is 19.2 Å². The van der Waals surface area contributed by atoms with Crippen molar-refractivity contribution < 1.29 is 27.8 Å². The number of aliphatic hydroxyl groups is 1. The topological polar surface area (TPSA) is 53.0 Å². The van der Waals surface area contributed by atoms with E-state index in [4.69, 9.17) is 4.74 Å². The molecule has 2 atom stereocenters. The van der Waals surface area contributed by atoms with E-state index in [0.717, 1.165) is 11.6 Å². The SMILES string of the molecule is COCC(=O)N1CCC2(O)CCN(Cc3cc(C(F)(F)F)ccc3C)CC2C1. The third kappa shape index (κ3) is 4.50. The maximum Gasteiger partial charge on any atom is 0.416 e. The van der Waals surface area contributed by atoms with Crippen LogP contribution >= 0.6 is 0 Å². The molecule has 2 saturated heterocycles. The normalized spacial score (nSPS) is 26.2. The third-order valence-electron chi connectivity index (χ3n) is 6.05. The Morgan fingerprint density at radius 3 is 2.68 bits per heavy atom. The van der Waals surface area contributed by atoms with E-state index in [0.29, 0.717) is 51.1 Å². The summed E-state index contributed by atoms with van der Waals surface area (Å²) in [5.41, 5.74) is -0.00294. The monoisotopic (exact) mass is 400 g/mol. The zero-order valence-corrected chi connectivity index (χ0v) is 16.3. The Morgan fingerprint density at radius 1 is 1.29 bits per heavy atom. The molecule has 0 bridgehead atoms. The minimum atomic E-state index is -4.36. The van der Waals surface area contributed by atoms with Crippen LogP contribution < -0.4 is 0 Å². The van der Waals surface area contributed by atoms with Gasteiger partial charge in [-0.15, -0.1) is 0 Å². The van der Waals surface area contributed by atoms with Crippen LogP contribution in [0, 0.1) is 12.8 Å². The summed E-state index contributed by atoms with van der Waals surface area (Å²) in [5, 5.41) is 11.0. The number of halogens is 3. The van der Waals surface area contributed by atoms with Gasteiger partial charge in [-0.2, -0.15) is 13.2 Å². The van der Waals surface area contributed by atoms with Crippen molar-refractivity contribution in [2.24, 2.45) is 5.92 Å². The van der Waals surface area contributed by atoms with Crippen LogP contribution in [0.3, 0.4) is 0 Å². The van der Waals surface area contributed by atoms with Crippen molar-refractivity contribution in [3.05, 3.63) is 34.9 Å². The van der Waals surface area contributed by atoms with Gasteiger partial charge in [-0.05, 0) is 43.0 Å². The maximum atomic E-state index is 13.0. The summed E-state index contributed by atoms with van der Waals surface area (Å²) in [6, 6.07) is 3.82. The molecule has 1 aromatic carbocycles. The first kappa shape index (κ1) is 21.1. The number of hydrogen-bond acceptors (Lipinski definition) is 4. The third-order valence-corrected chi connectivity index (χ3v) is 6.05. The van der Waals surface area contributed by atoms with Gasteiger partial charge < -0.3 is 14.7 Å². The number of nitrogens with zero attached hydrogens (tertiary/aromatic N) is 2. The number of hydrogen-bond donors (Lipinski definition) is 1. The van der Waals surface area contributed by atoms with Crippen molar-refractivity contribution in [3.63, 3.8) is 0 Å². The number of amides is 1. The van der Waals surface area contributed by atoms with Gasteiger partial charge in [-0.3, -0.25) is 9.69 Å². The summed E-state index contributed by atoms with van der Waals surface area (Å²) in [7, 11) is 1.47. The fourth-order valence-corrected chi connectivity index (χ4v) is 4.22. The number of carbonyl (C=O) groups excluding carboxylic acids is 1. The lowest BCUT2D eigenvalue weighted by atomic mass is 9.75. The number of carbonyl (C=O) groups is 1. The summed E-state index contributed by atoms with van der Waals surface area (Å²) in [4.78, 5) is 15.9. The molecule has 2 heterocycles. The first-order chi connectivity index (χ1) is 13.1. The second-order valence-corrected chi connectivity index (χ2v) is 7.95. The Balaban J connectivity index is 1.70. The molecule has 0 aromatic heterocycles. The molecular weight excluding hydrogens is 373 g/mol. The number of likely N-dealkylation sites (tertiary alicyclic amines) is 2. The number of fused-ring (bicyclic) bond motifs is 1. The number of alkyl halides is 3. The van der Waals surface area contributed by atoms with Gasteiger partial charge >= 0.3 is 6.18 Å². The van der Waals surface area contributed by atoms with Crippen LogP contribution in [-0.2, 0) is 22.3 Å². The summed E-state index contributed by atoms with van der Waals surface area (Å²) in [5.74, 6) is -0.225. The average Bonchev–Trinajstić information content (AvgIpc) is 2.62. The van der Waals surface area contributed by atoms with E-state index in [1.807, 2.05) is 6.92 Å². The van der Waals surface area contributed by atoms with Crippen LogP contribution in [0.4, 0.5) is 13.2 Å². The smallest absolute Gasteiger partial charge is 0.389 e. The highest BCUT2D eigenvalue weighted by molar-refractivity contribution is 5.77. The number of piperidine rings is 2. The lowest BCUT2D eigenvalue weighted by Crippen LogP contribution is -2.60. The number of methoxy groups -OCH3 is 1. The molecule has 1 N–H and O–H groups in total. The molecule has 0 aliphatic carbocycles. The zero-order valence-electron chi connectivity index (χ0n) is 16.3. The van der Waals surface area contributed by atoms with Gasteiger partial charge in [0.05, 0.1) is 11.2 Å². The van der Waals surface area contributed by atoms with Crippen LogP contribution in [0.15, 0.2) is 18.2 Å². The van der Waals surface area contributed by atoms with Crippen LogP contribution in [0.2, 0.25) is 0 Å². The van der Waals surface area contributed by atoms with E-state index < -0.39 is 17.3 Å². The van der Waals surface area contributed by atoms with Crippen molar-refractivity contribution in [1.29, 1.82) is 0 Å². The molecule has 5 nitrogen and oxygen atoms in total. The van der Waals surface area contributed by atoms with Gasteiger partial charge in [-0.25, -0.2) is 0 Å². The highest BCUT2D eigenvalue weighted by Crippen LogP contribution is 2.36. The van der Waals surface area contributed by atoms with Crippen molar-refractivity contribution in [1.82, 2.24) is 9.80 Å². The van der Waals surface area contributed by atoms with E-state index >= 15 is 0 Å². The van der Waals surface area contributed by atoms with Gasteiger partial charge in [0, 0.05) is 45.8 Å². The Morgan fingerprint density at radius 2 is 2.00 bits per heavy atom. The standard InChI is InChI=1S/C20H27F3N2O3/c1-14-3-4-16(20(21,22)23)9-15(14)10-24-7-5-19(27)6-8-25(12-17(19)11-24)18(26)13-28-2/h3-4,9,17,27H,5-8,10-13H2,1-2H3. The molecule has 8 heteroatoms. The molecular formula is C20H27F3N2O3. The first-order valence-electron chi connectivity index (χ1n) is 9.50. The molecule has 0 saturated carbocycles. The van der Waals surface area contributed by atoms with Crippen LogP contribution in [-0.4, -0.2) is 66.3 Å². The molecule has 28 heavy (non-hydrogen) atoms. The summed E-state index contributed by atoms with van der Waals surface area (Å²) in [6.45, 7) is 4.32. The van der Waals surface area contributed by atoms with Gasteiger partial charge in [-0.1, -0.05) is 6.07 Å². The summed E-state index contributed by atoms with van der Waals surface area (Å²) < 4.78 is 44.0. The fraction of sp³-hybridized carbons (Fsp3) is 0.650. The van der Waals surface area contributed by atoms with E-state index in [-0.39, 0.29) is 18.4 Å². The second kappa shape index (κ2) is 8.00. The molecule has 0 radical (unpaired) electrons. The first-order valence-corrected chi connectivity index (χ1v) is 9.50. The van der Waals surface area contributed by atoms with Crippen molar-refractivity contribution in [2.45, 2.75) is 38.1 Å². The Hall–Kier alpha value is -1.64. The van der Waals surface area contributed by atoms with Gasteiger partial charge in [0.2, 0.25) is 5.91 Å². The number of ether oxygens (including phenoxy) is 1. The Bertz CT molecular complexity index is 725. The fourth-order valence-electron chi connectivity index (χ4n) is 4.22. The molecule has 2 fully saturated rings. The molecule has 3 rings (SSSR count). The minimum Gasteiger partial charge on any atom is -0.389 e. The minimum absolute atomic E-state index is 0.0122. The van der Waals surface area contributed by atoms with E-state index in [9.17, 15) is 23.1 Å². The molecule has 2 aliphatic rings. The largest absolute Gasteiger partial charge is 0.416 e. The maximum absolute atomic E-state index is 13.0. The van der Waals surface area contributed by atoms with Gasteiger partial charge in [0.15, 0.2) is 0 Å². The van der Waals surface area contributed by atoms with Crippen LogP contribution in [0.25, 0.3) is 0 Å². The molecule has 156 valence electrons. The quantitative estimate of drug-likeness (QED) is 0.844.